The molecule has 0 spiro atoms. The summed E-state index contributed by atoms with van der Waals surface area (Å²) in [5.74, 6) is -1.11. The van der Waals surface area contributed by atoms with Crippen LogP contribution in [-0.2, 0) is 21.9 Å². The van der Waals surface area contributed by atoms with Gasteiger partial charge in [0.1, 0.15) is 24.3 Å². The first-order valence-electron chi connectivity index (χ1n) is 21.4. The Balaban J connectivity index is 0.000000241. The van der Waals surface area contributed by atoms with E-state index in [1.807, 2.05) is 24.3 Å². The monoisotopic (exact) mass is 898 g/mol. The van der Waals surface area contributed by atoms with Crippen LogP contribution in [0, 0.1) is 24.7 Å². The van der Waals surface area contributed by atoms with Crippen LogP contribution in [0.4, 0.5) is 26.3 Å². The molecule has 10 nitrogen and oxygen atoms in total. The number of nitrogens with one attached hydrogen (secondary N) is 2. The molecule has 6 rings (SSSR count). The number of aryl methyl sites for hydroxylation is 2. The fraction of sp³-hybridized carbons (Fsp3) is 0.500. The van der Waals surface area contributed by atoms with E-state index in [0.29, 0.717) is 0 Å². The SMILES string of the molecule is Cc1ccccc1[C@@H]1CNCC[C@@H]1N(C)C(=O)C(C)(C)COc1ncccc1C(F)(F)F.Cc1ccccc1[C@H]1CNCC[C@H]1N(C)C(=O)C(C)(C)COc1ncccc1C(F)(F)F. The smallest absolute Gasteiger partial charge is 0.421 e. The number of rotatable bonds is 12. The van der Waals surface area contributed by atoms with Gasteiger partial charge in [-0.1, -0.05) is 48.5 Å². The molecule has 2 aromatic carbocycles. The Labute approximate surface area is 372 Å². The quantitative estimate of drug-likeness (QED) is 0.136. The summed E-state index contributed by atoms with van der Waals surface area (Å²) < 4.78 is 90.3. The molecular formula is C48H60F6N6O4. The number of carbonyl (C=O) groups is 2. The summed E-state index contributed by atoms with van der Waals surface area (Å²) in [6.07, 6.45) is -5.09. The van der Waals surface area contributed by atoms with E-state index in [1.54, 1.807) is 51.6 Å². The van der Waals surface area contributed by atoms with Gasteiger partial charge in [0.2, 0.25) is 23.6 Å². The van der Waals surface area contributed by atoms with Gasteiger partial charge >= 0.3 is 12.4 Å². The van der Waals surface area contributed by atoms with Gasteiger partial charge in [-0.2, -0.15) is 26.3 Å². The molecule has 4 aromatic rings. The van der Waals surface area contributed by atoms with Crippen molar-refractivity contribution in [3.05, 3.63) is 119 Å². The van der Waals surface area contributed by atoms with Crippen LogP contribution in [0.2, 0.25) is 0 Å². The molecule has 2 amide bonds. The van der Waals surface area contributed by atoms with Gasteiger partial charge in [0, 0.05) is 63.5 Å². The number of hydrogen-bond acceptors (Lipinski definition) is 8. The van der Waals surface area contributed by atoms with E-state index in [4.69, 9.17) is 9.47 Å². The average molecular weight is 899 g/mol. The van der Waals surface area contributed by atoms with Crippen molar-refractivity contribution < 1.29 is 45.4 Å². The molecule has 16 heteroatoms. The van der Waals surface area contributed by atoms with Crippen LogP contribution < -0.4 is 20.1 Å². The Bertz CT molecular complexity index is 2050. The van der Waals surface area contributed by atoms with Crippen LogP contribution in [0.15, 0.2) is 85.2 Å². The largest absolute Gasteiger partial charge is 0.476 e. The molecule has 0 bridgehead atoms. The zero-order valence-corrected chi connectivity index (χ0v) is 37.7. The number of likely N-dealkylation sites (N-methyl/N-ethyl adjacent to an activating group) is 2. The van der Waals surface area contributed by atoms with Crippen molar-refractivity contribution in [1.29, 1.82) is 0 Å². The Kier molecular flexibility index (Phi) is 16.1. The highest BCUT2D eigenvalue weighted by atomic mass is 19.4. The van der Waals surface area contributed by atoms with Gasteiger partial charge in [0.05, 0.1) is 10.8 Å². The van der Waals surface area contributed by atoms with Gasteiger partial charge in [-0.3, -0.25) is 9.59 Å². The molecule has 348 valence electrons. The fourth-order valence-corrected chi connectivity index (χ4v) is 8.58. The molecule has 2 aromatic heterocycles. The first-order valence-corrected chi connectivity index (χ1v) is 21.4. The van der Waals surface area contributed by atoms with Crippen molar-refractivity contribution in [3.8, 4) is 11.8 Å². The highest BCUT2D eigenvalue weighted by Gasteiger charge is 2.42. The second-order valence-corrected chi connectivity index (χ2v) is 17.9. The minimum absolute atomic E-state index is 0.0234. The zero-order chi connectivity index (χ0) is 47.0. The number of halogens is 6. The highest BCUT2D eigenvalue weighted by molar-refractivity contribution is 5.83. The van der Waals surface area contributed by atoms with Gasteiger partial charge < -0.3 is 29.9 Å². The van der Waals surface area contributed by atoms with Gasteiger partial charge in [-0.15, -0.1) is 0 Å². The zero-order valence-electron chi connectivity index (χ0n) is 37.7. The number of aromatic nitrogens is 2. The summed E-state index contributed by atoms with van der Waals surface area (Å²) in [6.45, 7) is 13.5. The maximum absolute atomic E-state index is 13.4. The third-order valence-corrected chi connectivity index (χ3v) is 12.2. The Morgan fingerprint density at radius 1 is 0.609 bits per heavy atom. The standard InChI is InChI=1S/2C24H30F3N3O2/c2*1-16-8-5-6-9-17(16)18-14-28-13-11-20(18)30(4)22(31)23(2,3)15-32-21-19(24(25,26)27)10-7-12-29-21/h2*5-10,12,18,20,28H,11,13-15H2,1-4H3/t2*18-,20-/m10/s1. The van der Waals surface area contributed by atoms with Crippen molar-refractivity contribution in [3.63, 3.8) is 0 Å². The molecule has 2 saturated heterocycles. The molecule has 0 aliphatic carbocycles. The van der Waals surface area contributed by atoms with Crippen molar-refractivity contribution in [2.75, 3.05) is 53.5 Å². The highest BCUT2D eigenvalue weighted by Crippen LogP contribution is 2.38. The second kappa shape index (κ2) is 20.7. The predicted molar refractivity (Wildman–Crippen MR) is 233 cm³/mol. The Hall–Kier alpha value is -5.22. The average Bonchev–Trinajstić information content (AvgIpc) is 3.27. The molecule has 0 radical (unpaired) electrons. The van der Waals surface area contributed by atoms with Crippen LogP contribution in [0.1, 0.15) is 85.8 Å². The lowest BCUT2D eigenvalue weighted by Crippen LogP contribution is -2.53. The van der Waals surface area contributed by atoms with Gasteiger partial charge in [0.15, 0.2) is 0 Å². The van der Waals surface area contributed by atoms with Crippen LogP contribution >= 0.6 is 0 Å². The molecule has 0 unspecified atom stereocenters. The lowest BCUT2D eigenvalue weighted by Gasteiger charge is -2.42. The van der Waals surface area contributed by atoms with Gasteiger partial charge in [-0.05, 0) is 114 Å². The van der Waals surface area contributed by atoms with Crippen molar-refractivity contribution in [2.45, 2.75) is 90.7 Å². The van der Waals surface area contributed by atoms with Crippen LogP contribution in [-0.4, -0.2) is 97.2 Å². The molecule has 2 fully saturated rings. The first-order chi connectivity index (χ1) is 30.0. The van der Waals surface area contributed by atoms with E-state index in [1.165, 1.54) is 46.8 Å². The molecule has 2 aliphatic rings. The molecule has 4 heterocycles. The fourth-order valence-electron chi connectivity index (χ4n) is 8.58. The van der Waals surface area contributed by atoms with Gasteiger partial charge in [-0.25, -0.2) is 9.97 Å². The van der Waals surface area contributed by atoms with E-state index in [9.17, 15) is 35.9 Å². The number of ether oxygens (including phenoxy) is 2. The number of pyridine rings is 2. The van der Waals surface area contributed by atoms with E-state index >= 15 is 0 Å². The molecule has 4 atom stereocenters. The molecule has 2 N–H and O–H groups in total. The summed E-state index contributed by atoms with van der Waals surface area (Å²) in [5, 5.41) is 6.83. The summed E-state index contributed by atoms with van der Waals surface area (Å²) >= 11 is 0. The van der Waals surface area contributed by atoms with Crippen LogP contribution in [0.3, 0.4) is 0 Å². The number of nitrogens with zero attached hydrogens (tertiary/aromatic N) is 4. The number of alkyl halides is 6. The molecule has 64 heavy (non-hydrogen) atoms. The number of carbonyl (C=O) groups excluding carboxylic acids is 2. The third-order valence-electron chi connectivity index (χ3n) is 12.2. The van der Waals surface area contributed by atoms with Gasteiger partial charge in [0.25, 0.3) is 0 Å². The molecule has 0 saturated carbocycles. The lowest BCUT2D eigenvalue weighted by atomic mass is 9.82. The van der Waals surface area contributed by atoms with Crippen molar-refractivity contribution >= 4 is 11.8 Å². The summed E-state index contributed by atoms with van der Waals surface area (Å²) in [5.41, 5.74) is 0.772. The van der Waals surface area contributed by atoms with E-state index in [2.05, 4.69) is 58.7 Å². The Morgan fingerprint density at radius 3 is 1.31 bits per heavy atom. The summed E-state index contributed by atoms with van der Waals surface area (Å²) in [7, 11) is 3.54. The van der Waals surface area contributed by atoms with Crippen molar-refractivity contribution in [1.82, 2.24) is 30.4 Å². The van der Waals surface area contributed by atoms with Crippen LogP contribution in [0.25, 0.3) is 0 Å². The van der Waals surface area contributed by atoms with Crippen molar-refractivity contribution in [2.24, 2.45) is 10.8 Å². The number of benzene rings is 2. The van der Waals surface area contributed by atoms with E-state index < -0.39 is 46.1 Å². The minimum Gasteiger partial charge on any atom is -0.476 e. The Morgan fingerprint density at radius 2 is 0.969 bits per heavy atom. The van der Waals surface area contributed by atoms with Crippen LogP contribution in [0.5, 0.6) is 11.8 Å². The number of piperidine rings is 2. The summed E-state index contributed by atoms with van der Waals surface area (Å²) in [4.78, 5) is 37.8. The molecule has 2 aliphatic heterocycles. The maximum Gasteiger partial charge on any atom is 0.421 e. The topological polar surface area (TPSA) is 109 Å². The predicted octanol–water partition coefficient (Wildman–Crippen LogP) is 8.84. The normalized spacial score (nSPS) is 19.5. The van der Waals surface area contributed by atoms with E-state index in [0.717, 1.165) is 51.2 Å². The van der Waals surface area contributed by atoms with E-state index in [-0.39, 0.29) is 48.9 Å². The minimum atomic E-state index is -4.58. The lowest BCUT2D eigenvalue weighted by molar-refractivity contribution is -0.145. The second-order valence-electron chi connectivity index (χ2n) is 17.9. The first kappa shape index (κ1) is 49.8. The number of amides is 2. The maximum atomic E-state index is 13.4. The molecular weight excluding hydrogens is 839 g/mol. The number of hydrogen-bond donors (Lipinski definition) is 2. The third kappa shape index (κ3) is 12.1. The summed E-state index contributed by atoms with van der Waals surface area (Å²) in [6, 6.07) is 20.5.